The van der Waals surface area contributed by atoms with Crippen LogP contribution in [0.15, 0.2) is 40.9 Å². The fourth-order valence-electron chi connectivity index (χ4n) is 1.57. The predicted molar refractivity (Wildman–Crippen MR) is 78.9 cm³/mol. The van der Waals surface area contributed by atoms with E-state index >= 15 is 0 Å². The maximum atomic E-state index is 11.1. The molecule has 1 amide bonds. The highest BCUT2D eigenvalue weighted by Gasteiger charge is 2.09. The molecule has 0 aliphatic heterocycles. The summed E-state index contributed by atoms with van der Waals surface area (Å²) in [6, 6.07) is 10.5. The first-order valence-corrected chi connectivity index (χ1v) is 6.68. The van der Waals surface area contributed by atoms with Crippen molar-refractivity contribution in [2.75, 3.05) is 0 Å². The molecule has 2 N–H and O–H groups in total. The Bertz CT molecular complexity index is 643. The number of primary amides is 1. The summed E-state index contributed by atoms with van der Waals surface area (Å²) in [5, 5.41) is 0.276. The summed E-state index contributed by atoms with van der Waals surface area (Å²) in [6.45, 7) is 1.95. The van der Waals surface area contributed by atoms with Crippen LogP contribution in [0, 0.1) is 6.92 Å². The Morgan fingerprint density at radius 1 is 1.26 bits per heavy atom. The van der Waals surface area contributed by atoms with E-state index < -0.39 is 5.91 Å². The van der Waals surface area contributed by atoms with Gasteiger partial charge < -0.3 is 10.5 Å². The number of carbonyl (C=O) groups is 1. The van der Waals surface area contributed by atoms with Crippen molar-refractivity contribution in [3.63, 3.8) is 0 Å². The molecule has 0 heterocycles. The average Bonchev–Trinajstić information content (AvgIpc) is 2.33. The highest BCUT2D eigenvalue weighted by molar-refractivity contribution is 9.10. The molecule has 0 bridgehead atoms. The molecule has 0 saturated carbocycles. The molecule has 98 valence electrons. The van der Waals surface area contributed by atoms with Gasteiger partial charge in [0.15, 0.2) is 0 Å². The molecule has 0 aliphatic carbocycles. The molecule has 0 aliphatic rings. The van der Waals surface area contributed by atoms with Gasteiger partial charge in [0.2, 0.25) is 5.91 Å². The number of ether oxygens (including phenoxy) is 1. The van der Waals surface area contributed by atoms with Crippen LogP contribution in [0.2, 0.25) is 5.02 Å². The summed E-state index contributed by atoms with van der Waals surface area (Å²) in [4.78, 5) is 11.1. The molecule has 3 nitrogen and oxygen atoms in total. The zero-order valence-corrected chi connectivity index (χ0v) is 12.5. The lowest BCUT2D eigenvalue weighted by atomic mass is 10.2. The Morgan fingerprint density at radius 2 is 2.00 bits per heavy atom. The minimum absolute atomic E-state index is 0.276. The van der Waals surface area contributed by atoms with Gasteiger partial charge in [0.25, 0.3) is 0 Å². The van der Waals surface area contributed by atoms with Gasteiger partial charge in [-0.2, -0.15) is 0 Å². The summed E-state index contributed by atoms with van der Waals surface area (Å²) in [5.41, 5.74) is 6.47. The molecule has 2 rings (SSSR count). The van der Waals surface area contributed by atoms with Gasteiger partial charge >= 0.3 is 0 Å². The van der Waals surface area contributed by atoms with E-state index in [-0.39, 0.29) is 10.6 Å². The molecule has 0 saturated heterocycles. The number of aryl methyl sites for hydroxylation is 1. The normalized spacial score (nSPS) is 10.3. The standard InChI is InChI=1S/C14H11BrClNO2/c1-8-2-3-9(15)6-13(8)19-10-4-5-11(14(17)18)12(16)7-10/h2-7H,1H3,(H2,17,18). The van der Waals surface area contributed by atoms with E-state index in [1.165, 1.54) is 0 Å². The molecule has 0 spiro atoms. The lowest BCUT2D eigenvalue weighted by Crippen LogP contribution is -2.11. The monoisotopic (exact) mass is 339 g/mol. The topological polar surface area (TPSA) is 52.3 Å². The summed E-state index contributed by atoms with van der Waals surface area (Å²) in [6.07, 6.45) is 0. The second-order valence-corrected chi connectivity index (χ2v) is 5.34. The number of carbonyl (C=O) groups excluding carboxylic acids is 1. The molecular formula is C14H11BrClNO2. The first-order chi connectivity index (χ1) is 8.97. The van der Waals surface area contributed by atoms with E-state index in [0.717, 1.165) is 15.8 Å². The van der Waals surface area contributed by atoms with Crippen molar-refractivity contribution in [1.82, 2.24) is 0 Å². The fourth-order valence-corrected chi connectivity index (χ4v) is 2.17. The maximum absolute atomic E-state index is 11.1. The van der Waals surface area contributed by atoms with E-state index in [9.17, 15) is 4.79 Å². The molecule has 0 radical (unpaired) electrons. The first-order valence-electron chi connectivity index (χ1n) is 5.51. The third-order valence-corrected chi connectivity index (χ3v) is 3.39. The third kappa shape index (κ3) is 3.28. The van der Waals surface area contributed by atoms with Crippen LogP contribution in [0.1, 0.15) is 15.9 Å². The molecule has 2 aromatic carbocycles. The van der Waals surface area contributed by atoms with Crippen LogP contribution in [0.3, 0.4) is 0 Å². The zero-order valence-electron chi connectivity index (χ0n) is 10.1. The maximum Gasteiger partial charge on any atom is 0.250 e. The molecule has 0 unspecified atom stereocenters. The van der Waals surface area contributed by atoms with Crippen molar-refractivity contribution in [1.29, 1.82) is 0 Å². The van der Waals surface area contributed by atoms with Crippen molar-refractivity contribution >= 4 is 33.4 Å². The second kappa shape index (κ2) is 5.63. The molecule has 0 aromatic heterocycles. The number of halogens is 2. The number of hydrogen-bond donors (Lipinski definition) is 1. The van der Waals surface area contributed by atoms with Gasteiger partial charge in [-0.05, 0) is 36.8 Å². The van der Waals surface area contributed by atoms with Crippen molar-refractivity contribution in [3.8, 4) is 11.5 Å². The van der Waals surface area contributed by atoms with Gasteiger partial charge in [-0.3, -0.25) is 4.79 Å². The SMILES string of the molecule is Cc1ccc(Br)cc1Oc1ccc(C(N)=O)c(Cl)c1. The van der Waals surface area contributed by atoms with Crippen LogP contribution < -0.4 is 10.5 Å². The van der Waals surface area contributed by atoms with Crippen molar-refractivity contribution < 1.29 is 9.53 Å². The number of benzene rings is 2. The number of hydrogen-bond acceptors (Lipinski definition) is 2. The van der Waals surface area contributed by atoms with Crippen molar-refractivity contribution in [2.24, 2.45) is 5.73 Å². The molecule has 2 aromatic rings. The molecule has 0 fully saturated rings. The largest absolute Gasteiger partial charge is 0.457 e. The Balaban J connectivity index is 2.31. The lowest BCUT2D eigenvalue weighted by Gasteiger charge is -2.10. The molecular weight excluding hydrogens is 330 g/mol. The van der Waals surface area contributed by atoms with Gasteiger partial charge in [-0.1, -0.05) is 33.6 Å². The first kappa shape index (κ1) is 13.9. The van der Waals surface area contributed by atoms with Crippen LogP contribution >= 0.6 is 27.5 Å². The predicted octanol–water partition coefficient (Wildman–Crippen LogP) is 4.30. The van der Waals surface area contributed by atoms with Crippen molar-refractivity contribution in [2.45, 2.75) is 6.92 Å². The van der Waals surface area contributed by atoms with Crippen molar-refractivity contribution in [3.05, 3.63) is 57.0 Å². The number of nitrogens with two attached hydrogens (primary N) is 1. The van der Waals surface area contributed by atoms with Gasteiger partial charge in [-0.15, -0.1) is 0 Å². The van der Waals surface area contributed by atoms with E-state index in [2.05, 4.69) is 15.9 Å². The lowest BCUT2D eigenvalue weighted by molar-refractivity contribution is 0.100. The van der Waals surface area contributed by atoms with E-state index in [0.29, 0.717) is 5.75 Å². The third-order valence-electron chi connectivity index (χ3n) is 2.58. The highest BCUT2D eigenvalue weighted by atomic mass is 79.9. The smallest absolute Gasteiger partial charge is 0.250 e. The number of rotatable bonds is 3. The zero-order chi connectivity index (χ0) is 14.0. The van der Waals surface area contributed by atoms with E-state index in [1.807, 2.05) is 25.1 Å². The number of amides is 1. The van der Waals surface area contributed by atoms with E-state index in [1.54, 1.807) is 18.2 Å². The minimum Gasteiger partial charge on any atom is -0.457 e. The van der Waals surface area contributed by atoms with Crippen LogP contribution in [0.25, 0.3) is 0 Å². The van der Waals surface area contributed by atoms with Crippen LogP contribution in [-0.2, 0) is 0 Å². The second-order valence-electron chi connectivity index (χ2n) is 4.02. The summed E-state index contributed by atoms with van der Waals surface area (Å²) < 4.78 is 6.66. The van der Waals surface area contributed by atoms with Crippen LogP contribution in [-0.4, -0.2) is 5.91 Å². The van der Waals surface area contributed by atoms with Gasteiger partial charge in [0, 0.05) is 10.5 Å². The van der Waals surface area contributed by atoms with Gasteiger partial charge in [0.1, 0.15) is 11.5 Å². The minimum atomic E-state index is -0.560. The Morgan fingerprint density at radius 3 is 2.63 bits per heavy atom. The fraction of sp³-hybridized carbons (Fsp3) is 0.0714. The van der Waals surface area contributed by atoms with Gasteiger partial charge in [-0.25, -0.2) is 0 Å². The summed E-state index contributed by atoms with van der Waals surface area (Å²) >= 11 is 9.36. The quantitative estimate of drug-likeness (QED) is 0.905. The average molecular weight is 341 g/mol. The Labute approximate surface area is 124 Å². The summed E-state index contributed by atoms with van der Waals surface area (Å²) in [7, 11) is 0. The molecule has 19 heavy (non-hydrogen) atoms. The molecule has 0 atom stereocenters. The Hall–Kier alpha value is -1.52. The summed E-state index contributed by atoms with van der Waals surface area (Å²) in [5.74, 6) is 0.712. The highest BCUT2D eigenvalue weighted by Crippen LogP contribution is 2.30. The Kier molecular flexibility index (Phi) is 4.12. The van der Waals surface area contributed by atoms with Crippen LogP contribution in [0.5, 0.6) is 11.5 Å². The molecule has 5 heteroatoms. The van der Waals surface area contributed by atoms with E-state index in [4.69, 9.17) is 22.1 Å². The van der Waals surface area contributed by atoms with Gasteiger partial charge in [0.05, 0.1) is 10.6 Å². The van der Waals surface area contributed by atoms with Crippen LogP contribution in [0.4, 0.5) is 0 Å².